The second kappa shape index (κ2) is 4.05. The minimum absolute atomic E-state index is 0.00926. The summed E-state index contributed by atoms with van der Waals surface area (Å²) in [7, 11) is 0. The summed E-state index contributed by atoms with van der Waals surface area (Å²) in [6.07, 6.45) is -0.759. The number of hydrogen-bond acceptors (Lipinski definition) is 4. The monoisotopic (exact) mass is 160 g/mol. The molecule has 0 rings (SSSR count). The van der Waals surface area contributed by atoms with Crippen LogP contribution in [-0.2, 0) is 9.59 Å². The molecule has 1 unspecified atom stereocenters. The fourth-order valence-electron chi connectivity index (χ4n) is 0.713. The van der Waals surface area contributed by atoms with Gasteiger partial charge in [0.15, 0.2) is 0 Å². The van der Waals surface area contributed by atoms with Crippen LogP contribution in [-0.4, -0.2) is 23.0 Å². The van der Waals surface area contributed by atoms with Crippen LogP contribution in [0.5, 0.6) is 0 Å². The Morgan fingerprint density at radius 2 is 1.91 bits per heavy atom. The van der Waals surface area contributed by atoms with Crippen molar-refractivity contribution in [3.8, 4) is 0 Å². The summed E-state index contributed by atoms with van der Waals surface area (Å²) in [4.78, 5) is 21.0. The van der Waals surface area contributed by atoms with Gasteiger partial charge in [-0.25, -0.2) is 0 Å². The second-order valence-electron chi connectivity index (χ2n) is 2.40. The van der Waals surface area contributed by atoms with Crippen LogP contribution in [0, 0.1) is 5.92 Å². The van der Waals surface area contributed by atoms with Crippen molar-refractivity contribution >= 4 is 11.8 Å². The minimum Gasteiger partial charge on any atom is -0.481 e. The maximum absolute atomic E-state index is 10.6. The SMILES string of the molecule is CC(=O)C(CC(N)N)C(=O)O. The van der Waals surface area contributed by atoms with Crippen molar-refractivity contribution in [2.24, 2.45) is 17.4 Å². The van der Waals surface area contributed by atoms with Gasteiger partial charge in [-0.1, -0.05) is 0 Å². The van der Waals surface area contributed by atoms with Gasteiger partial charge in [0.2, 0.25) is 0 Å². The quantitative estimate of drug-likeness (QED) is 0.358. The van der Waals surface area contributed by atoms with Crippen molar-refractivity contribution in [1.82, 2.24) is 0 Å². The van der Waals surface area contributed by atoms with Gasteiger partial charge in [0.1, 0.15) is 11.7 Å². The van der Waals surface area contributed by atoms with Crippen molar-refractivity contribution < 1.29 is 14.7 Å². The number of carbonyl (C=O) groups is 2. The number of carboxylic acids is 1. The lowest BCUT2D eigenvalue weighted by atomic mass is 10.0. The molecule has 0 radical (unpaired) electrons. The number of hydrogen-bond donors (Lipinski definition) is 3. The lowest BCUT2D eigenvalue weighted by Crippen LogP contribution is -2.37. The van der Waals surface area contributed by atoms with Crippen LogP contribution < -0.4 is 11.5 Å². The largest absolute Gasteiger partial charge is 0.481 e. The Bertz CT molecular complexity index is 153. The van der Waals surface area contributed by atoms with Crippen LogP contribution >= 0.6 is 0 Å². The number of carbonyl (C=O) groups excluding carboxylic acids is 1. The molecule has 0 aromatic rings. The summed E-state index contributed by atoms with van der Waals surface area (Å²) in [5, 5.41) is 8.46. The molecule has 5 N–H and O–H groups in total. The summed E-state index contributed by atoms with van der Waals surface area (Å²) in [5.74, 6) is -2.65. The van der Waals surface area contributed by atoms with Gasteiger partial charge in [-0.2, -0.15) is 0 Å². The van der Waals surface area contributed by atoms with Gasteiger partial charge < -0.3 is 16.6 Å². The Morgan fingerprint density at radius 3 is 2.00 bits per heavy atom. The molecule has 0 saturated heterocycles. The van der Waals surface area contributed by atoms with Crippen LogP contribution in [0.25, 0.3) is 0 Å². The van der Waals surface area contributed by atoms with Crippen molar-refractivity contribution in [3.63, 3.8) is 0 Å². The topological polar surface area (TPSA) is 106 Å². The molecule has 0 amide bonds. The van der Waals surface area contributed by atoms with Crippen molar-refractivity contribution in [3.05, 3.63) is 0 Å². The third-order valence-electron chi connectivity index (χ3n) is 1.30. The summed E-state index contributed by atoms with van der Waals surface area (Å²) >= 11 is 0. The van der Waals surface area contributed by atoms with Gasteiger partial charge in [0, 0.05) is 0 Å². The average molecular weight is 160 g/mol. The molecule has 64 valence electrons. The summed E-state index contributed by atoms with van der Waals surface area (Å²) in [5.41, 5.74) is 10.3. The number of nitrogens with two attached hydrogens (primary N) is 2. The van der Waals surface area contributed by atoms with E-state index in [9.17, 15) is 9.59 Å². The van der Waals surface area contributed by atoms with Crippen LogP contribution in [0.15, 0.2) is 0 Å². The Balaban J connectivity index is 4.12. The number of ketones is 1. The van der Waals surface area contributed by atoms with E-state index in [0.29, 0.717) is 0 Å². The number of aliphatic carboxylic acids is 1. The summed E-state index contributed by atoms with van der Waals surface area (Å²) in [6.45, 7) is 1.21. The Kier molecular flexibility index (Phi) is 3.70. The molecule has 0 saturated carbocycles. The highest BCUT2D eigenvalue weighted by molar-refractivity contribution is 5.96. The molecule has 5 nitrogen and oxygen atoms in total. The molecular weight excluding hydrogens is 148 g/mol. The molecule has 1 atom stereocenters. The van der Waals surface area contributed by atoms with Gasteiger partial charge in [0.25, 0.3) is 0 Å². The van der Waals surface area contributed by atoms with Gasteiger partial charge >= 0.3 is 5.97 Å². The first-order valence-electron chi connectivity index (χ1n) is 3.19. The van der Waals surface area contributed by atoms with E-state index in [1.54, 1.807) is 0 Å². The van der Waals surface area contributed by atoms with Crippen LogP contribution in [0.4, 0.5) is 0 Å². The zero-order valence-corrected chi connectivity index (χ0v) is 6.28. The first-order valence-corrected chi connectivity index (χ1v) is 3.19. The molecule has 0 spiro atoms. The molecule has 5 heteroatoms. The molecule has 0 aliphatic heterocycles. The Morgan fingerprint density at radius 1 is 1.45 bits per heavy atom. The van der Waals surface area contributed by atoms with Gasteiger partial charge in [0.05, 0.1) is 6.17 Å². The molecule has 0 heterocycles. The van der Waals surface area contributed by atoms with E-state index in [0.717, 1.165) is 0 Å². The van der Waals surface area contributed by atoms with E-state index in [2.05, 4.69) is 0 Å². The predicted octanol–water partition coefficient (Wildman–Crippen LogP) is -1.09. The lowest BCUT2D eigenvalue weighted by Gasteiger charge is -2.10. The molecular formula is C6H12N2O3. The van der Waals surface area contributed by atoms with E-state index < -0.39 is 23.8 Å². The first-order chi connectivity index (χ1) is 4.95. The fraction of sp³-hybridized carbons (Fsp3) is 0.667. The van der Waals surface area contributed by atoms with E-state index >= 15 is 0 Å². The van der Waals surface area contributed by atoms with E-state index in [4.69, 9.17) is 16.6 Å². The maximum Gasteiger partial charge on any atom is 0.314 e. The summed E-state index contributed by atoms with van der Waals surface area (Å²) in [6, 6.07) is 0. The highest BCUT2D eigenvalue weighted by Gasteiger charge is 2.23. The number of Topliss-reactive ketones (excluding diaryl/α,β-unsaturated/α-hetero) is 1. The predicted molar refractivity (Wildman–Crippen MR) is 38.6 cm³/mol. The van der Waals surface area contributed by atoms with Gasteiger partial charge in [-0.3, -0.25) is 9.59 Å². The van der Waals surface area contributed by atoms with Gasteiger partial charge in [-0.05, 0) is 13.3 Å². The van der Waals surface area contributed by atoms with E-state index in [1.807, 2.05) is 0 Å². The third-order valence-corrected chi connectivity index (χ3v) is 1.30. The zero-order valence-electron chi connectivity index (χ0n) is 6.28. The average Bonchev–Trinajstić information content (AvgIpc) is 1.81. The van der Waals surface area contributed by atoms with Crippen LogP contribution in [0.3, 0.4) is 0 Å². The van der Waals surface area contributed by atoms with Crippen LogP contribution in [0.2, 0.25) is 0 Å². The van der Waals surface area contributed by atoms with Crippen LogP contribution in [0.1, 0.15) is 13.3 Å². The Labute approximate surface area is 64.4 Å². The van der Waals surface area contributed by atoms with E-state index in [-0.39, 0.29) is 6.42 Å². The van der Waals surface area contributed by atoms with E-state index in [1.165, 1.54) is 6.92 Å². The van der Waals surface area contributed by atoms with Crippen molar-refractivity contribution in [2.45, 2.75) is 19.5 Å². The number of carboxylic acid groups (broad SMARTS) is 1. The van der Waals surface area contributed by atoms with Crippen molar-refractivity contribution in [1.29, 1.82) is 0 Å². The molecule has 0 aromatic heterocycles. The fourth-order valence-corrected chi connectivity index (χ4v) is 0.713. The zero-order chi connectivity index (χ0) is 9.02. The molecule has 11 heavy (non-hydrogen) atoms. The highest BCUT2D eigenvalue weighted by atomic mass is 16.4. The maximum atomic E-state index is 10.6. The standard InChI is InChI=1S/C6H12N2O3/c1-3(9)4(6(10)11)2-5(7)8/h4-5H,2,7-8H2,1H3,(H,10,11). The first kappa shape index (κ1) is 10.1. The molecule has 0 bridgehead atoms. The lowest BCUT2D eigenvalue weighted by molar-refractivity contribution is -0.146. The molecule has 0 fully saturated rings. The normalized spacial score (nSPS) is 13.1. The van der Waals surface area contributed by atoms with Crippen molar-refractivity contribution in [2.75, 3.05) is 0 Å². The summed E-state index contributed by atoms with van der Waals surface area (Å²) < 4.78 is 0. The Hall–Kier alpha value is -0.940. The smallest absolute Gasteiger partial charge is 0.314 e. The molecule has 0 aliphatic carbocycles. The number of rotatable bonds is 4. The molecule has 0 aliphatic rings. The minimum atomic E-state index is -1.17. The highest BCUT2D eigenvalue weighted by Crippen LogP contribution is 2.04. The second-order valence-corrected chi connectivity index (χ2v) is 2.40. The molecule has 0 aromatic carbocycles. The third kappa shape index (κ3) is 3.69. The van der Waals surface area contributed by atoms with Gasteiger partial charge in [-0.15, -0.1) is 0 Å².